The van der Waals surface area contributed by atoms with Crippen LogP contribution in [-0.4, -0.2) is 5.91 Å². The number of hydrogen-bond donors (Lipinski definition) is 1. The molecule has 0 aliphatic carbocycles. The monoisotopic (exact) mass is 279 g/mol. The van der Waals surface area contributed by atoms with E-state index < -0.39 is 0 Å². The molecule has 3 aromatic rings. The molecule has 2 aromatic carbocycles. The Balaban J connectivity index is 1.96. The summed E-state index contributed by atoms with van der Waals surface area (Å²) in [7, 11) is 0. The highest BCUT2D eigenvalue weighted by Gasteiger charge is 2.17. The number of nitrogens with one attached hydrogen (secondary N) is 1. The fourth-order valence-electron chi connectivity index (χ4n) is 2.46. The normalized spacial score (nSPS) is 10.8. The van der Waals surface area contributed by atoms with Gasteiger partial charge in [0.25, 0.3) is 5.91 Å². The summed E-state index contributed by atoms with van der Waals surface area (Å²) in [5, 5.41) is 3.87. The summed E-state index contributed by atoms with van der Waals surface area (Å²) >= 11 is 0. The molecule has 0 fully saturated rings. The molecule has 0 aliphatic rings. The fourth-order valence-corrected chi connectivity index (χ4v) is 2.46. The van der Waals surface area contributed by atoms with Crippen LogP contribution in [0.1, 0.15) is 27.2 Å². The molecule has 3 rings (SSSR count). The molecule has 3 nitrogen and oxygen atoms in total. The average Bonchev–Trinajstić information content (AvgIpc) is 2.76. The molecular formula is C18H17NO2. The van der Waals surface area contributed by atoms with Crippen LogP contribution in [0.2, 0.25) is 0 Å². The molecule has 1 heterocycles. The van der Waals surface area contributed by atoms with Crippen LogP contribution in [0.15, 0.2) is 46.9 Å². The first kappa shape index (κ1) is 13.4. The van der Waals surface area contributed by atoms with E-state index in [0.717, 1.165) is 33.3 Å². The van der Waals surface area contributed by atoms with Crippen molar-refractivity contribution in [2.75, 3.05) is 5.32 Å². The maximum atomic E-state index is 12.4. The second-order valence-electron chi connectivity index (χ2n) is 5.38. The van der Waals surface area contributed by atoms with Crippen molar-refractivity contribution in [1.29, 1.82) is 0 Å². The molecule has 0 unspecified atom stereocenters. The van der Waals surface area contributed by atoms with Gasteiger partial charge in [0, 0.05) is 16.6 Å². The zero-order valence-electron chi connectivity index (χ0n) is 12.4. The van der Waals surface area contributed by atoms with E-state index in [2.05, 4.69) is 5.32 Å². The van der Waals surface area contributed by atoms with Crippen molar-refractivity contribution in [3.05, 3.63) is 64.9 Å². The Morgan fingerprint density at radius 3 is 2.52 bits per heavy atom. The number of fused-ring (bicyclic) bond motifs is 1. The van der Waals surface area contributed by atoms with Gasteiger partial charge < -0.3 is 9.73 Å². The SMILES string of the molecule is Cc1cccc(NC(=O)c2oc3ccc(C)cc3c2C)c1. The van der Waals surface area contributed by atoms with Crippen molar-refractivity contribution < 1.29 is 9.21 Å². The van der Waals surface area contributed by atoms with Crippen molar-refractivity contribution in [3.63, 3.8) is 0 Å². The summed E-state index contributed by atoms with van der Waals surface area (Å²) in [6.45, 7) is 5.93. The van der Waals surface area contributed by atoms with Crippen molar-refractivity contribution in [3.8, 4) is 0 Å². The van der Waals surface area contributed by atoms with E-state index in [9.17, 15) is 4.79 Å². The lowest BCUT2D eigenvalue weighted by Gasteiger charge is -2.04. The van der Waals surface area contributed by atoms with Gasteiger partial charge in [0.2, 0.25) is 0 Å². The molecular weight excluding hydrogens is 262 g/mol. The first-order valence-electron chi connectivity index (χ1n) is 6.92. The predicted octanol–water partition coefficient (Wildman–Crippen LogP) is 4.61. The Kier molecular flexibility index (Phi) is 3.26. The summed E-state index contributed by atoms with van der Waals surface area (Å²) in [4.78, 5) is 12.4. The Morgan fingerprint density at radius 2 is 1.76 bits per heavy atom. The second kappa shape index (κ2) is 5.09. The molecule has 0 aliphatic heterocycles. The van der Waals surface area contributed by atoms with E-state index in [1.807, 2.05) is 63.2 Å². The van der Waals surface area contributed by atoms with E-state index in [4.69, 9.17) is 4.42 Å². The highest BCUT2D eigenvalue weighted by Crippen LogP contribution is 2.26. The molecule has 3 heteroatoms. The highest BCUT2D eigenvalue weighted by atomic mass is 16.3. The number of rotatable bonds is 2. The first-order valence-corrected chi connectivity index (χ1v) is 6.92. The van der Waals surface area contributed by atoms with Crippen LogP contribution < -0.4 is 5.32 Å². The summed E-state index contributed by atoms with van der Waals surface area (Å²) in [5.41, 5.74) is 4.64. The first-order chi connectivity index (χ1) is 10.0. The molecule has 0 atom stereocenters. The highest BCUT2D eigenvalue weighted by molar-refractivity contribution is 6.06. The molecule has 0 bridgehead atoms. The largest absolute Gasteiger partial charge is 0.451 e. The zero-order valence-corrected chi connectivity index (χ0v) is 12.4. The third-order valence-corrected chi connectivity index (χ3v) is 3.57. The Bertz CT molecular complexity index is 830. The quantitative estimate of drug-likeness (QED) is 0.744. The van der Waals surface area contributed by atoms with E-state index in [0.29, 0.717) is 5.76 Å². The van der Waals surface area contributed by atoms with Gasteiger partial charge in [0.05, 0.1) is 0 Å². The van der Waals surface area contributed by atoms with E-state index >= 15 is 0 Å². The van der Waals surface area contributed by atoms with Crippen LogP contribution in [-0.2, 0) is 0 Å². The van der Waals surface area contributed by atoms with E-state index in [1.54, 1.807) is 0 Å². The van der Waals surface area contributed by atoms with Gasteiger partial charge in [-0.2, -0.15) is 0 Å². The van der Waals surface area contributed by atoms with Gasteiger partial charge in [0.15, 0.2) is 5.76 Å². The van der Waals surface area contributed by atoms with Crippen LogP contribution in [0.5, 0.6) is 0 Å². The van der Waals surface area contributed by atoms with Crippen LogP contribution >= 0.6 is 0 Å². The van der Waals surface area contributed by atoms with Gasteiger partial charge in [-0.25, -0.2) is 0 Å². The number of hydrogen-bond acceptors (Lipinski definition) is 2. The number of carbonyl (C=O) groups is 1. The van der Waals surface area contributed by atoms with Gasteiger partial charge >= 0.3 is 0 Å². The maximum absolute atomic E-state index is 12.4. The molecule has 0 radical (unpaired) electrons. The smallest absolute Gasteiger partial charge is 0.291 e. The molecule has 1 N–H and O–H groups in total. The molecule has 106 valence electrons. The lowest BCUT2D eigenvalue weighted by Crippen LogP contribution is -2.12. The lowest BCUT2D eigenvalue weighted by atomic mass is 10.1. The zero-order chi connectivity index (χ0) is 15.0. The Morgan fingerprint density at radius 1 is 1.00 bits per heavy atom. The number of aryl methyl sites for hydroxylation is 3. The maximum Gasteiger partial charge on any atom is 0.291 e. The van der Waals surface area contributed by atoms with Crippen LogP contribution in [0.4, 0.5) is 5.69 Å². The third-order valence-electron chi connectivity index (χ3n) is 3.57. The standard InChI is InChI=1S/C18H17NO2/c1-11-5-4-6-14(9-11)19-18(20)17-13(3)15-10-12(2)7-8-16(15)21-17/h4-10H,1-3H3,(H,19,20). The molecule has 1 amide bonds. The molecule has 0 spiro atoms. The number of benzene rings is 2. The van der Waals surface area contributed by atoms with Gasteiger partial charge in [-0.05, 0) is 50.6 Å². The minimum absolute atomic E-state index is 0.216. The summed E-state index contributed by atoms with van der Waals surface area (Å²) in [6, 6.07) is 13.6. The van der Waals surface area contributed by atoms with E-state index in [1.165, 1.54) is 0 Å². The summed E-state index contributed by atoms with van der Waals surface area (Å²) in [6.07, 6.45) is 0. The Hall–Kier alpha value is -2.55. The molecule has 21 heavy (non-hydrogen) atoms. The van der Waals surface area contributed by atoms with Gasteiger partial charge in [-0.3, -0.25) is 4.79 Å². The summed E-state index contributed by atoms with van der Waals surface area (Å²) in [5.74, 6) is 0.157. The van der Waals surface area contributed by atoms with Crippen molar-refractivity contribution in [1.82, 2.24) is 0 Å². The van der Waals surface area contributed by atoms with Gasteiger partial charge in [-0.1, -0.05) is 23.8 Å². The molecule has 0 saturated carbocycles. The average molecular weight is 279 g/mol. The van der Waals surface area contributed by atoms with Gasteiger partial charge in [0.1, 0.15) is 5.58 Å². The van der Waals surface area contributed by atoms with Crippen molar-refractivity contribution in [2.24, 2.45) is 0 Å². The second-order valence-corrected chi connectivity index (χ2v) is 5.38. The topological polar surface area (TPSA) is 42.2 Å². The van der Waals surface area contributed by atoms with Crippen LogP contribution in [0.25, 0.3) is 11.0 Å². The van der Waals surface area contributed by atoms with Crippen LogP contribution in [0, 0.1) is 20.8 Å². The van der Waals surface area contributed by atoms with Crippen molar-refractivity contribution >= 4 is 22.6 Å². The number of carbonyl (C=O) groups excluding carboxylic acids is 1. The Labute approximate surface area is 123 Å². The number of furan rings is 1. The minimum Gasteiger partial charge on any atom is -0.451 e. The molecule has 1 aromatic heterocycles. The van der Waals surface area contributed by atoms with Crippen LogP contribution in [0.3, 0.4) is 0 Å². The number of anilines is 1. The van der Waals surface area contributed by atoms with Crippen molar-refractivity contribution in [2.45, 2.75) is 20.8 Å². The predicted molar refractivity (Wildman–Crippen MR) is 84.8 cm³/mol. The lowest BCUT2D eigenvalue weighted by molar-refractivity contribution is 0.0998. The van der Waals surface area contributed by atoms with Gasteiger partial charge in [-0.15, -0.1) is 0 Å². The minimum atomic E-state index is -0.216. The fraction of sp³-hybridized carbons (Fsp3) is 0.167. The number of amides is 1. The third kappa shape index (κ3) is 2.55. The summed E-state index contributed by atoms with van der Waals surface area (Å²) < 4.78 is 5.71. The van der Waals surface area contributed by atoms with E-state index in [-0.39, 0.29) is 5.91 Å². The molecule has 0 saturated heterocycles.